The number of carboxylic acid groups (broad SMARTS) is 1. The fourth-order valence-corrected chi connectivity index (χ4v) is 2.94. The first-order valence-electron chi connectivity index (χ1n) is 5.88. The van der Waals surface area contributed by atoms with Crippen LogP contribution in [0.15, 0.2) is 41.3 Å². The maximum absolute atomic E-state index is 13.3. The molecule has 1 N–H and O–H groups in total. The maximum Gasteiger partial charge on any atom is 0.335 e. The lowest BCUT2D eigenvalue weighted by Crippen LogP contribution is -1.99. The van der Waals surface area contributed by atoms with Crippen LogP contribution in [-0.4, -0.2) is 11.1 Å². The third-order valence-corrected chi connectivity index (χ3v) is 4.33. The highest BCUT2D eigenvalue weighted by molar-refractivity contribution is 7.98. The maximum atomic E-state index is 13.3. The number of thioether (sulfide) groups is 1. The number of halogens is 2. The molecule has 5 heteroatoms. The van der Waals surface area contributed by atoms with E-state index in [4.69, 9.17) is 16.7 Å². The van der Waals surface area contributed by atoms with E-state index >= 15 is 0 Å². The van der Waals surface area contributed by atoms with Crippen molar-refractivity contribution in [1.29, 1.82) is 0 Å². The van der Waals surface area contributed by atoms with Crippen molar-refractivity contribution in [3.05, 3.63) is 63.9 Å². The highest BCUT2D eigenvalue weighted by atomic mass is 35.5. The molecule has 0 spiro atoms. The molecule has 2 aromatic rings. The van der Waals surface area contributed by atoms with Crippen molar-refractivity contribution in [1.82, 2.24) is 0 Å². The first-order chi connectivity index (χ1) is 9.49. The molecule has 20 heavy (non-hydrogen) atoms. The summed E-state index contributed by atoms with van der Waals surface area (Å²) in [5.41, 5.74) is 1.68. The second-order valence-electron chi connectivity index (χ2n) is 4.28. The molecule has 2 aromatic carbocycles. The van der Waals surface area contributed by atoms with E-state index in [-0.39, 0.29) is 10.6 Å². The molecule has 0 aromatic heterocycles. The smallest absolute Gasteiger partial charge is 0.335 e. The first-order valence-corrected chi connectivity index (χ1v) is 7.25. The zero-order chi connectivity index (χ0) is 14.7. The normalized spacial score (nSPS) is 10.6. The van der Waals surface area contributed by atoms with Gasteiger partial charge in [-0.3, -0.25) is 0 Å². The SMILES string of the molecule is Cc1ccc(SCc2cccc(F)c2Cl)cc1C(=O)O. The van der Waals surface area contributed by atoms with Crippen LogP contribution >= 0.6 is 23.4 Å². The number of hydrogen-bond acceptors (Lipinski definition) is 2. The molecule has 0 atom stereocenters. The van der Waals surface area contributed by atoms with Crippen molar-refractivity contribution < 1.29 is 14.3 Å². The standard InChI is InChI=1S/C15H12ClFO2S/c1-9-5-6-11(7-12(9)15(18)19)20-8-10-3-2-4-13(17)14(10)16/h2-7H,8H2,1H3,(H,18,19). The molecule has 0 unspecified atom stereocenters. The monoisotopic (exact) mass is 310 g/mol. The van der Waals surface area contributed by atoms with Crippen LogP contribution in [0.4, 0.5) is 4.39 Å². The topological polar surface area (TPSA) is 37.3 Å². The molecule has 2 rings (SSSR count). The highest BCUT2D eigenvalue weighted by Crippen LogP contribution is 2.29. The van der Waals surface area contributed by atoms with E-state index in [1.807, 2.05) is 6.07 Å². The van der Waals surface area contributed by atoms with Crippen molar-refractivity contribution in [3.63, 3.8) is 0 Å². The zero-order valence-corrected chi connectivity index (χ0v) is 12.3. The van der Waals surface area contributed by atoms with Crippen molar-refractivity contribution in [3.8, 4) is 0 Å². The largest absolute Gasteiger partial charge is 0.478 e. The summed E-state index contributed by atoms with van der Waals surface area (Å²) >= 11 is 7.31. The average Bonchev–Trinajstić information content (AvgIpc) is 2.41. The number of aromatic carboxylic acids is 1. The van der Waals surface area contributed by atoms with Gasteiger partial charge in [0.05, 0.1) is 10.6 Å². The summed E-state index contributed by atoms with van der Waals surface area (Å²) in [5, 5.41) is 9.19. The van der Waals surface area contributed by atoms with Crippen molar-refractivity contribution in [2.75, 3.05) is 0 Å². The van der Waals surface area contributed by atoms with E-state index in [0.29, 0.717) is 16.9 Å². The first kappa shape index (κ1) is 14.9. The molecule has 0 radical (unpaired) electrons. The molecular weight excluding hydrogens is 299 g/mol. The third kappa shape index (κ3) is 3.32. The van der Waals surface area contributed by atoms with E-state index in [9.17, 15) is 9.18 Å². The minimum atomic E-state index is -0.950. The molecule has 0 aliphatic carbocycles. The molecule has 0 saturated carbocycles. The quantitative estimate of drug-likeness (QED) is 0.826. The third-order valence-electron chi connectivity index (χ3n) is 2.87. The van der Waals surface area contributed by atoms with Crippen LogP contribution in [0.2, 0.25) is 5.02 Å². The van der Waals surface area contributed by atoms with Crippen LogP contribution in [0.1, 0.15) is 21.5 Å². The molecule has 104 valence electrons. The summed E-state index contributed by atoms with van der Waals surface area (Å²) in [5.74, 6) is -0.910. The summed E-state index contributed by atoms with van der Waals surface area (Å²) in [4.78, 5) is 11.9. The number of carboxylic acids is 1. The highest BCUT2D eigenvalue weighted by Gasteiger charge is 2.10. The Hall–Kier alpha value is -1.52. The Balaban J connectivity index is 2.17. The summed E-state index contributed by atoms with van der Waals surface area (Å²) in [6.07, 6.45) is 0. The van der Waals surface area contributed by atoms with Gasteiger partial charge in [0.2, 0.25) is 0 Å². The summed E-state index contributed by atoms with van der Waals surface area (Å²) < 4.78 is 13.3. The van der Waals surface area contributed by atoms with Crippen LogP contribution in [0, 0.1) is 12.7 Å². The van der Waals surface area contributed by atoms with Gasteiger partial charge in [-0.2, -0.15) is 0 Å². The van der Waals surface area contributed by atoms with Gasteiger partial charge in [-0.25, -0.2) is 9.18 Å². The molecule has 0 amide bonds. The molecule has 2 nitrogen and oxygen atoms in total. The summed E-state index contributed by atoms with van der Waals surface area (Å²) in [6.45, 7) is 1.75. The van der Waals surface area contributed by atoms with Gasteiger partial charge < -0.3 is 5.11 Å². The van der Waals surface area contributed by atoms with E-state index in [1.54, 1.807) is 31.2 Å². The van der Waals surface area contributed by atoms with Crippen molar-refractivity contribution in [2.24, 2.45) is 0 Å². The summed E-state index contributed by atoms with van der Waals surface area (Å²) in [7, 11) is 0. The average molecular weight is 311 g/mol. The number of carbonyl (C=O) groups is 1. The Bertz CT molecular complexity index is 658. The van der Waals surface area contributed by atoms with E-state index in [1.165, 1.54) is 17.8 Å². The second-order valence-corrected chi connectivity index (χ2v) is 5.71. The van der Waals surface area contributed by atoms with Crippen LogP contribution < -0.4 is 0 Å². The zero-order valence-electron chi connectivity index (χ0n) is 10.7. The number of benzene rings is 2. The van der Waals surface area contributed by atoms with Gasteiger partial charge >= 0.3 is 5.97 Å². The lowest BCUT2D eigenvalue weighted by atomic mass is 10.1. The molecule has 0 heterocycles. The fourth-order valence-electron chi connectivity index (χ4n) is 1.74. The molecule has 0 aliphatic rings. The number of aryl methyl sites for hydroxylation is 1. The molecular formula is C15H12ClFO2S. The van der Waals surface area contributed by atoms with Gasteiger partial charge in [0, 0.05) is 10.6 Å². The molecule has 0 fully saturated rings. The lowest BCUT2D eigenvalue weighted by Gasteiger charge is -2.07. The van der Waals surface area contributed by atoms with E-state index in [2.05, 4.69) is 0 Å². The fraction of sp³-hybridized carbons (Fsp3) is 0.133. The summed E-state index contributed by atoms with van der Waals surface area (Å²) in [6, 6.07) is 9.90. The Morgan fingerprint density at radius 1 is 1.35 bits per heavy atom. The van der Waals surface area contributed by atoms with Crippen molar-refractivity contribution >= 4 is 29.3 Å². The van der Waals surface area contributed by atoms with Gasteiger partial charge in [0.25, 0.3) is 0 Å². The van der Waals surface area contributed by atoms with Crippen LogP contribution in [0.5, 0.6) is 0 Å². The Morgan fingerprint density at radius 2 is 2.10 bits per heavy atom. The van der Waals surface area contributed by atoms with Gasteiger partial charge in [0.1, 0.15) is 5.82 Å². The minimum absolute atomic E-state index is 0.116. The second kappa shape index (κ2) is 6.29. The number of rotatable bonds is 4. The van der Waals surface area contributed by atoms with Crippen LogP contribution in [0.3, 0.4) is 0 Å². The van der Waals surface area contributed by atoms with E-state index in [0.717, 1.165) is 4.90 Å². The van der Waals surface area contributed by atoms with Gasteiger partial charge in [-0.1, -0.05) is 29.8 Å². The minimum Gasteiger partial charge on any atom is -0.478 e. The van der Waals surface area contributed by atoms with Crippen LogP contribution in [0.25, 0.3) is 0 Å². The van der Waals surface area contributed by atoms with Crippen molar-refractivity contribution in [2.45, 2.75) is 17.6 Å². The predicted octanol–water partition coefficient (Wildman–Crippen LogP) is 4.78. The Labute approximate surface area is 125 Å². The van der Waals surface area contributed by atoms with Gasteiger partial charge in [-0.15, -0.1) is 11.8 Å². The predicted molar refractivity (Wildman–Crippen MR) is 79.1 cm³/mol. The Morgan fingerprint density at radius 3 is 2.80 bits per heavy atom. The van der Waals surface area contributed by atoms with Crippen LogP contribution in [-0.2, 0) is 5.75 Å². The van der Waals surface area contributed by atoms with E-state index < -0.39 is 11.8 Å². The lowest BCUT2D eigenvalue weighted by molar-refractivity contribution is 0.0696. The van der Waals surface area contributed by atoms with Gasteiger partial charge in [-0.05, 0) is 36.2 Å². The number of hydrogen-bond donors (Lipinski definition) is 1. The Kier molecular flexibility index (Phi) is 4.68. The van der Waals surface area contributed by atoms with Gasteiger partial charge in [0.15, 0.2) is 0 Å². The molecule has 0 bridgehead atoms. The molecule has 0 saturated heterocycles. The molecule has 0 aliphatic heterocycles.